The fourth-order valence-electron chi connectivity index (χ4n) is 3.97. The number of thioether (sulfide) groups is 1. The number of anilines is 1. The number of aromatic amines is 1. The topological polar surface area (TPSA) is 57.8 Å². The summed E-state index contributed by atoms with van der Waals surface area (Å²) in [6.07, 6.45) is 0.687. The average Bonchev–Trinajstić information content (AvgIpc) is 3.32. The SMILES string of the molecule is CCC(Sc1nc(-c2ccccc2)c(-c2ccccc2)[nH]1)C(=O)Nc1ccc2ccccc2c1. The van der Waals surface area contributed by atoms with Crippen molar-refractivity contribution in [3.63, 3.8) is 0 Å². The number of fused-ring (bicyclic) bond motifs is 1. The van der Waals surface area contributed by atoms with Crippen LogP contribution in [0.5, 0.6) is 0 Å². The highest BCUT2D eigenvalue weighted by Gasteiger charge is 2.22. The molecule has 0 saturated carbocycles. The van der Waals surface area contributed by atoms with Crippen molar-refractivity contribution in [2.45, 2.75) is 23.8 Å². The molecule has 1 aromatic heterocycles. The highest BCUT2D eigenvalue weighted by Crippen LogP contribution is 2.34. The number of hydrogen-bond donors (Lipinski definition) is 2. The predicted octanol–water partition coefficient (Wildman–Crippen LogP) is 7.41. The van der Waals surface area contributed by atoms with Crippen molar-refractivity contribution >= 4 is 34.1 Å². The lowest BCUT2D eigenvalue weighted by Crippen LogP contribution is -2.24. The Morgan fingerprint density at radius 1 is 0.853 bits per heavy atom. The van der Waals surface area contributed by atoms with E-state index >= 15 is 0 Å². The smallest absolute Gasteiger partial charge is 0.237 e. The van der Waals surface area contributed by atoms with Crippen LogP contribution in [0.15, 0.2) is 108 Å². The number of amides is 1. The Morgan fingerprint density at radius 2 is 1.50 bits per heavy atom. The van der Waals surface area contributed by atoms with E-state index in [1.807, 2.05) is 73.7 Å². The molecule has 1 unspecified atom stereocenters. The highest BCUT2D eigenvalue weighted by molar-refractivity contribution is 8.00. The number of carbonyl (C=O) groups is 1. The number of rotatable bonds is 7. The molecule has 2 N–H and O–H groups in total. The summed E-state index contributed by atoms with van der Waals surface area (Å²) < 4.78 is 0. The van der Waals surface area contributed by atoms with Gasteiger partial charge in [0.25, 0.3) is 0 Å². The molecule has 0 spiro atoms. The Kier molecular flexibility index (Phi) is 6.45. The van der Waals surface area contributed by atoms with Gasteiger partial charge in [-0.2, -0.15) is 0 Å². The van der Waals surface area contributed by atoms with Gasteiger partial charge >= 0.3 is 0 Å². The van der Waals surface area contributed by atoms with Crippen molar-refractivity contribution < 1.29 is 4.79 Å². The molecule has 5 heteroatoms. The third-order valence-electron chi connectivity index (χ3n) is 5.73. The van der Waals surface area contributed by atoms with Gasteiger partial charge in [-0.15, -0.1) is 0 Å². The summed E-state index contributed by atoms with van der Waals surface area (Å²) in [5.41, 5.74) is 4.75. The molecule has 168 valence electrons. The highest BCUT2D eigenvalue weighted by atomic mass is 32.2. The van der Waals surface area contributed by atoms with Crippen LogP contribution in [0.4, 0.5) is 5.69 Å². The molecule has 1 atom stereocenters. The van der Waals surface area contributed by atoms with Crippen LogP contribution in [0.25, 0.3) is 33.3 Å². The van der Waals surface area contributed by atoms with E-state index in [0.29, 0.717) is 6.42 Å². The fourth-order valence-corrected chi connectivity index (χ4v) is 4.88. The van der Waals surface area contributed by atoms with Gasteiger partial charge in [0.1, 0.15) is 0 Å². The van der Waals surface area contributed by atoms with Crippen LogP contribution >= 0.6 is 11.8 Å². The fraction of sp³-hybridized carbons (Fsp3) is 0.103. The first-order chi connectivity index (χ1) is 16.7. The number of aromatic nitrogens is 2. The Hall–Kier alpha value is -3.83. The summed E-state index contributed by atoms with van der Waals surface area (Å²) in [5, 5.41) is 5.81. The van der Waals surface area contributed by atoms with Gasteiger partial charge in [-0.1, -0.05) is 110 Å². The second-order valence-electron chi connectivity index (χ2n) is 8.06. The second-order valence-corrected chi connectivity index (χ2v) is 9.25. The first-order valence-corrected chi connectivity index (χ1v) is 12.3. The van der Waals surface area contributed by atoms with Gasteiger partial charge in [0, 0.05) is 16.8 Å². The maximum Gasteiger partial charge on any atom is 0.237 e. The summed E-state index contributed by atoms with van der Waals surface area (Å²) in [6.45, 7) is 2.02. The summed E-state index contributed by atoms with van der Waals surface area (Å²) in [7, 11) is 0. The van der Waals surface area contributed by atoms with Crippen molar-refractivity contribution in [1.82, 2.24) is 9.97 Å². The van der Waals surface area contributed by atoms with Crippen molar-refractivity contribution in [2.24, 2.45) is 0 Å². The van der Waals surface area contributed by atoms with Crippen LogP contribution < -0.4 is 5.32 Å². The van der Waals surface area contributed by atoms with Gasteiger partial charge < -0.3 is 10.3 Å². The van der Waals surface area contributed by atoms with Gasteiger partial charge in [-0.25, -0.2) is 4.98 Å². The lowest BCUT2D eigenvalue weighted by molar-refractivity contribution is -0.115. The molecule has 1 amide bonds. The zero-order valence-corrected chi connectivity index (χ0v) is 19.7. The van der Waals surface area contributed by atoms with E-state index in [1.165, 1.54) is 11.8 Å². The number of nitrogens with one attached hydrogen (secondary N) is 2. The first-order valence-electron chi connectivity index (χ1n) is 11.4. The Bertz CT molecular complexity index is 1360. The zero-order chi connectivity index (χ0) is 23.3. The summed E-state index contributed by atoms with van der Waals surface area (Å²) in [5.74, 6) is -0.0262. The van der Waals surface area contributed by atoms with Crippen LogP contribution in [-0.2, 0) is 4.79 Å². The van der Waals surface area contributed by atoms with Crippen LogP contribution in [0.2, 0.25) is 0 Å². The number of carbonyl (C=O) groups excluding carboxylic acids is 1. The van der Waals surface area contributed by atoms with Crippen molar-refractivity contribution in [3.8, 4) is 22.5 Å². The summed E-state index contributed by atoms with van der Waals surface area (Å²) >= 11 is 1.47. The van der Waals surface area contributed by atoms with Gasteiger partial charge in [0.2, 0.25) is 5.91 Å². The predicted molar refractivity (Wildman–Crippen MR) is 142 cm³/mol. The van der Waals surface area contributed by atoms with E-state index in [2.05, 4.69) is 46.7 Å². The minimum atomic E-state index is -0.273. The lowest BCUT2D eigenvalue weighted by Gasteiger charge is -2.14. The second kappa shape index (κ2) is 9.98. The largest absolute Gasteiger partial charge is 0.332 e. The molecular weight excluding hydrogens is 438 g/mol. The molecule has 0 saturated heterocycles. The molecule has 0 aliphatic carbocycles. The third-order valence-corrected chi connectivity index (χ3v) is 6.97. The monoisotopic (exact) mass is 463 g/mol. The minimum Gasteiger partial charge on any atom is -0.332 e. The normalized spacial score (nSPS) is 11.9. The quantitative estimate of drug-likeness (QED) is 0.247. The molecular formula is C29H25N3OS. The molecule has 4 nitrogen and oxygen atoms in total. The van der Waals surface area contributed by atoms with E-state index in [9.17, 15) is 4.79 Å². The van der Waals surface area contributed by atoms with E-state index in [1.54, 1.807) is 0 Å². The van der Waals surface area contributed by atoms with Crippen molar-refractivity contribution in [2.75, 3.05) is 5.32 Å². The number of nitrogens with zero attached hydrogens (tertiary/aromatic N) is 1. The number of H-pyrrole nitrogens is 1. The third kappa shape index (κ3) is 4.75. The first kappa shape index (κ1) is 22.0. The summed E-state index contributed by atoms with van der Waals surface area (Å²) in [4.78, 5) is 21.5. The van der Waals surface area contributed by atoms with Gasteiger partial charge in [0.05, 0.1) is 16.6 Å². The maximum absolute atomic E-state index is 13.1. The van der Waals surface area contributed by atoms with Crippen molar-refractivity contribution in [1.29, 1.82) is 0 Å². The lowest BCUT2D eigenvalue weighted by atomic mass is 10.1. The molecule has 0 radical (unpaired) electrons. The molecule has 34 heavy (non-hydrogen) atoms. The van der Waals surface area contributed by atoms with Crippen LogP contribution in [-0.4, -0.2) is 21.1 Å². The molecule has 0 aliphatic rings. The van der Waals surface area contributed by atoms with Crippen molar-refractivity contribution in [3.05, 3.63) is 103 Å². The standard InChI is InChI=1S/C29H25N3OS/c1-2-25(28(33)30-24-18-17-20-11-9-10-16-23(20)19-24)34-29-31-26(21-12-5-3-6-13-21)27(32-29)22-14-7-4-8-15-22/h3-19,25H,2H2,1H3,(H,30,33)(H,31,32). The Labute approximate surface area is 203 Å². The van der Waals surface area contributed by atoms with E-state index < -0.39 is 0 Å². The minimum absolute atomic E-state index is 0.0262. The van der Waals surface area contributed by atoms with E-state index in [4.69, 9.17) is 4.98 Å². The Balaban J connectivity index is 1.40. The van der Waals surface area contributed by atoms with Gasteiger partial charge in [-0.3, -0.25) is 4.79 Å². The molecule has 1 heterocycles. The maximum atomic E-state index is 13.1. The number of imidazole rings is 1. The molecule has 5 aromatic rings. The molecule has 5 rings (SSSR count). The molecule has 0 bridgehead atoms. The average molecular weight is 464 g/mol. The van der Waals surface area contributed by atoms with Gasteiger partial charge in [-0.05, 0) is 29.3 Å². The Morgan fingerprint density at radius 3 is 2.21 bits per heavy atom. The van der Waals surface area contributed by atoms with Crippen LogP contribution in [0, 0.1) is 0 Å². The molecule has 0 aliphatic heterocycles. The molecule has 0 fully saturated rings. The van der Waals surface area contributed by atoms with Crippen LogP contribution in [0.3, 0.4) is 0 Å². The molecule has 4 aromatic carbocycles. The number of benzene rings is 4. The van der Waals surface area contributed by atoms with E-state index in [-0.39, 0.29) is 11.2 Å². The number of hydrogen-bond acceptors (Lipinski definition) is 3. The van der Waals surface area contributed by atoms with Gasteiger partial charge in [0.15, 0.2) is 5.16 Å². The summed E-state index contributed by atoms with van der Waals surface area (Å²) in [6, 6.07) is 34.4. The zero-order valence-electron chi connectivity index (χ0n) is 18.9. The van der Waals surface area contributed by atoms with Crippen LogP contribution in [0.1, 0.15) is 13.3 Å². The van der Waals surface area contributed by atoms with E-state index in [0.717, 1.165) is 44.1 Å².